The number of carbonyl (C=O) groups excluding carboxylic acids is 2. The van der Waals surface area contributed by atoms with E-state index >= 15 is 0 Å². The van der Waals surface area contributed by atoms with Crippen LogP contribution >= 0.6 is 0 Å². The van der Waals surface area contributed by atoms with Gasteiger partial charge in [-0.15, -0.1) is 0 Å². The average molecular weight is 925 g/mol. The van der Waals surface area contributed by atoms with Crippen LogP contribution in [-0.2, 0) is 38.0 Å². The van der Waals surface area contributed by atoms with Crippen molar-refractivity contribution < 1.29 is 89.1 Å². The number of rotatable bonds is 9. The Hall–Kier alpha value is -1.98. The predicted molar refractivity (Wildman–Crippen MR) is 225 cm³/mol. The van der Waals surface area contributed by atoms with E-state index in [1.54, 1.807) is 0 Å². The number of esters is 1. The highest BCUT2D eigenvalue weighted by Crippen LogP contribution is 2.75. The standard InChI is InChI=1S/C47H72O18/c1-21-9-14-47(16-15-45(5)23(24(47)17-21)7-8-28-43(3)12-11-29(50)44(4,20-49)27(43)10-13-46(28,45)6)42(59)65-41-36(57)33(54)31(52)26(63-41)19-60-39-37(58)34(55)38(25(18-48)62-39)64-40-35(56)32(53)30(51)22(2)61-40/h7,20,22,24-41,48,50-58H,1,8-19H2,2-6H3/t22-,24-,25+,26+,27?,28?,29-,30-,31+,32+,33-,34+,35+,36+,37+,38+,39+,40-,41-,43-,44-,45+,46+,47-/m0/s1. The minimum atomic E-state index is -1.86. The first-order valence-electron chi connectivity index (χ1n) is 23.5. The molecule has 0 radical (unpaired) electrons. The van der Waals surface area contributed by atoms with Gasteiger partial charge in [0.05, 0.1) is 36.3 Å². The van der Waals surface area contributed by atoms with Gasteiger partial charge in [-0.1, -0.05) is 51.5 Å². The van der Waals surface area contributed by atoms with Crippen LogP contribution in [0, 0.1) is 44.8 Å². The monoisotopic (exact) mass is 924 g/mol. The average Bonchev–Trinajstić information content (AvgIpc) is 3.28. The van der Waals surface area contributed by atoms with Gasteiger partial charge in [-0.2, -0.15) is 0 Å². The van der Waals surface area contributed by atoms with Crippen molar-refractivity contribution in [3.63, 3.8) is 0 Å². The molecule has 0 aromatic rings. The number of hydrogen-bond donors (Lipinski definition) is 10. The molecule has 7 fully saturated rings. The van der Waals surface area contributed by atoms with Crippen molar-refractivity contribution in [3.05, 3.63) is 23.8 Å². The zero-order valence-electron chi connectivity index (χ0n) is 38.1. The highest BCUT2D eigenvalue weighted by molar-refractivity contribution is 5.79. The van der Waals surface area contributed by atoms with Crippen molar-refractivity contribution in [1.82, 2.24) is 0 Å². The van der Waals surface area contributed by atoms with E-state index in [2.05, 4.69) is 33.4 Å². The molecular formula is C47H72O18. The zero-order valence-corrected chi connectivity index (χ0v) is 38.1. The Labute approximate surface area is 379 Å². The Kier molecular flexibility index (Phi) is 13.5. The first kappa shape index (κ1) is 49.4. The third-order valence-corrected chi connectivity index (χ3v) is 18.6. The van der Waals surface area contributed by atoms with Crippen molar-refractivity contribution >= 4 is 12.3 Å². The lowest BCUT2D eigenvalue weighted by molar-refractivity contribution is -0.361. The fourth-order valence-corrected chi connectivity index (χ4v) is 14.3. The largest absolute Gasteiger partial charge is 0.432 e. The number of allylic oxidation sites excluding steroid dienone is 3. The molecule has 368 valence electrons. The molecule has 10 N–H and O–H groups in total. The minimum Gasteiger partial charge on any atom is -0.432 e. The number of fused-ring (bicyclic) bond motifs is 7. The Bertz CT molecular complexity index is 1830. The smallest absolute Gasteiger partial charge is 0.315 e. The number of aliphatic hydroxyl groups excluding tert-OH is 10. The summed E-state index contributed by atoms with van der Waals surface area (Å²) in [5.41, 5.74) is -0.278. The summed E-state index contributed by atoms with van der Waals surface area (Å²) in [6.45, 7) is 13.3. The summed E-state index contributed by atoms with van der Waals surface area (Å²) in [6.07, 6.45) is -15.1. The molecule has 18 nitrogen and oxygen atoms in total. The van der Waals surface area contributed by atoms with Crippen LogP contribution in [0.3, 0.4) is 0 Å². The van der Waals surface area contributed by atoms with E-state index < -0.39 is 128 Å². The Balaban J connectivity index is 0.966. The second-order valence-electron chi connectivity index (χ2n) is 21.7. The first-order chi connectivity index (χ1) is 30.5. The quantitative estimate of drug-likeness (QED) is 0.0819. The second kappa shape index (κ2) is 17.8. The number of aliphatic hydroxyl groups is 10. The van der Waals surface area contributed by atoms with E-state index in [9.17, 15) is 60.7 Å². The molecule has 0 spiro atoms. The topological polar surface area (TPSA) is 292 Å². The van der Waals surface area contributed by atoms with E-state index in [1.807, 2.05) is 6.92 Å². The maximum atomic E-state index is 14.8. The predicted octanol–water partition coefficient (Wildman–Crippen LogP) is -0.123. The molecule has 3 heterocycles. The molecule has 8 aliphatic rings. The van der Waals surface area contributed by atoms with Crippen molar-refractivity contribution in [3.8, 4) is 0 Å². The zero-order chi connectivity index (χ0) is 47.3. The van der Waals surface area contributed by atoms with Gasteiger partial charge < -0.3 is 84.3 Å². The van der Waals surface area contributed by atoms with Crippen molar-refractivity contribution in [2.24, 2.45) is 44.8 Å². The maximum absolute atomic E-state index is 14.8. The summed E-state index contributed by atoms with van der Waals surface area (Å²) in [7, 11) is 0. The summed E-state index contributed by atoms with van der Waals surface area (Å²) >= 11 is 0. The number of aldehydes is 1. The molecule has 24 atom stereocenters. The van der Waals surface area contributed by atoms with Crippen LogP contribution in [0.15, 0.2) is 23.8 Å². The lowest BCUT2D eigenvalue weighted by Gasteiger charge is -2.70. The molecule has 0 aromatic heterocycles. The molecule has 0 aromatic carbocycles. The Morgan fingerprint density at radius 3 is 2.12 bits per heavy atom. The lowest BCUT2D eigenvalue weighted by atomic mass is 9.34. The highest BCUT2D eigenvalue weighted by atomic mass is 16.8. The lowest BCUT2D eigenvalue weighted by Crippen LogP contribution is -2.65. The summed E-state index contributed by atoms with van der Waals surface area (Å²) < 4.78 is 34.6. The molecule has 3 saturated heterocycles. The van der Waals surface area contributed by atoms with Crippen LogP contribution in [0.4, 0.5) is 0 Å². The van der Waals surface area contributed by atoms with Gasteiger partial charge in [-0.3, -0.25) is 4.79 Å². The van der Waals surface area contributed by atoms with Crippen molar-refractivity contribution in [1.29, 1.82) is 0 Å². The third kappa shape index (κ3) is 7.64. The van der Waals surface area contributed by atoms with Crippen LogP contribution in [0.2, 0.25) is 0 Å². The van der Waals surface area contributed by atoms with Gasteiger partial charge in [0, 0.05) is 5.92 Å². The molecular weight excluding hydrogens is 852 g/mol. The normalized spacial score (nSPS) is 54.5. The fourth-order valence-electron chi connectivity index (χ4n) is 14.3. The maximum Gasteiger partial charge on any atom is 0.315 e. The summed E-state index contributed by atoms with van der Waals surface area (Å²) in [6, 6.07) is 0. The van der Waals surface area contributed by atoms with E-state index in [-0.39, 0.29) is 34.0 Å². The molecule has 4 saturated carbocycles. The van der Waals surface area contributed by atoms with Crippen LogP contribution in [0.25, 0.3) is 0 Å². The van der Waals surface area contributed by atoms with Crippen LogP contribution < -0.4 is 0 Å². The first-order valence-corrected chi connectivity index (χ1v) is 23.5. The molecule has 2 unspecified atom stereocenters. The van der Waals surface area contributed by atoms with Crippen molar-refractivity contribution in [2.75, 3.05) is 13.2 Å². The van der Waals surface area contributed by atoms with E-state index in [1.165, 1.54) is 12.5 Å². The van der Waals surface area contributed by atoms with E-state index in [0.717, 1.165) is 37.5 Å². The molecule has 0 bridgehead atoms. The Morgan fingerprint density at radius 2 is 1.43 bits per heavy atom. The number of hydrogen-bond acceptors (Lipinski definition) is 18. The fraction of sp³-hybridized carbons (Fsp3) is 0.872. The molecule has 65 heavy (non-hydrogen) atoms. The van der Waals surface area contributed by atoms with Crippen molar-refractivity contribution in [2.45, 2.75) is 197 Å². The van der Waals surface area contributed by atoms with E-state index in [0.29, 0.717) is 38.5 Å². The molecule has 8 rings (SSSR count). The van der Waals surface area contributed by atoms with Crippen LogP contribution in [0.1, 0.15) is 98.8 Å². The SMILES string of the molecule is C=C1CC[C@]2(C(=O)O[C@@H]3O[C@H](CO[C@@H]4O[C@H](CO)[C@@H](O[C@@H]5O[C@@H](C)[C@H](O)[C@@H](O)[C@H]5O)[C@H](O)[C@H]4O)[C@@H](O)[C@H](O)[C@H]3O)CC[C@]3(C)C(=CCC4[C@@]5(C)CC[C@H](O)[C@@](C)(C=O)C5CC[C@]43C)[C@@H]2C1. The molecule has 0 amide bonds. The van der Waals surface area contributed by atoms with Gasteiger partial charge in [0.1, 0.15) is 73.4 Å². The molecule has 5 aliphatic carbocycles. The summed E-state index contributed by atoms with van der Waals surface area (Å²) in [4.78, 5) is 27.4. The minimum absolute atomic E-state index is 0.0385. The van der Waals surface area contributed by atoms with Gasteiger partial charge >= 0.3 is 5.97 Å². The summed E-state index contributed by atoms with van der Waals surface area (Å²) in [5, 5.41) is 107. The highest BCUT2D eigenvalue weighted by Gasteiger charge is 2.70. The Morgan fingerprint density at radius 1 is 0.769 bits per heavy atom. The van der Waals surface area contributed by atoms with Gasteiger partial charge in [-0.05, 0) is 99.2 Å². The van der Waals surface area contributed by atoms with Gasteiger partial charge in [0.25, 0.3) is 0 Å². The van der Waals surface area contributed by atoms with Crippen LogP contribution in [0.5, 0.6) is 0 Å². The third-order valence-electron chi connectivity index (χ3n) is 18.6. The number of ether oxygens (including phenoxy) is 6. The van der Waals surface area contributed by atoms with E-state index in [4.69, 9.17) is 28.4 Å². The van der Waals surface area contributed by atoms with Gasteiger partial charge in [0.15, 0.2) is 12.6 Å². The molecule has 3 aliphatic heterocycles. The van der Waals surface area contributed by atoms with Gasteiger partial charge in [0.2, 0.25) is 6.29 Å². The van der Waals surface area contributed by atoms with Crippen LogP contribution in [-0.4, -0.2) is 175 Å². The number of carbonyl (C=O) groups is 2. The van der Waals surface area contributed by atoms with Gasteiger partial charge in [-0.25, -0.2) is 0 Å². The summed E-state index contributed by atoms with van der Waals surface area (Å²) in [5.74, 6) is -0.591. The second-order valence-corrected chi connectivity index (χ2v) is 21.7. The molecule has 18 heteroatoms.